The summed E-state index contributed by atoms with van der Waals surface area (Å²) in [6.45, 7) is 0.698. The number of hydrogen-bond donors (Lipinski definition) is 4. The summed E-state index contributed by atoms with van der Waals surface area (Å²) in [5.41, 5.74) is 1.44. The number of carboxylic acid groups (broad SMARTS) is 1. The van der Waals surface area contributed by atoms with Crippen molar-refractivity contribution < 1.29 is 24.3 Å². The standard InChI is InChI=1S/C13H18NO5P/c15-13(16)12-11(2-1-7-14-12)10-5-3-9(4-6-10)8-20(17,18)19/h3-6,11-12,14H,1-2,7-8H2,(H,15,16)(H2,17,18,19)/t11-,12+/m1/s1. The van der Waals surface area contributed by atoms with Gasteiger partial charge in [-0.2, -0.15) is 0 Å². The molecule has 20 heavy (non-hydrogen) atoms. The van der Waals surface area contributed by atoms with Gasteiger partial charge in [-0.05, 0) is 30.5 Å². The maximum Gasteiger partial charge on any atom is 0.329 e. The SMILES string of the molecule is O=C(O)[C@H]1NCCC[C@@H]1c1ccc(CP(=O)(O)O)cc1. The Morgan fingerprint density at radius 3 is 2.50 bits per heavy atom. The Hall–Kier alpha value is -1.20. The number of carboxylic acids is 1. The molecule has 0 spiro atoms. The first kappa shape index (κ1) is 15.2. The van der Waals surface area contributed by atoms with Crippen molar-refractivity contribution in [1.82, 2.24) is 5.32 Å². The van der Waals surface area contributed by atoms with Crippen LogP contribution in [0.3, 0.4) is 0 Å². The van der Waals surface area contributed by atoms with Gasteiger partial charge in [-0.1, -0.05) is 24.3 Å². The Labute approximate surface area is 117 Å². The smallest absolute Gasteiger partial charge is 0.329 e. The Kier molecular flexibility index (Phi) is 4.60. The van der Waals surface area contributed by atoms with Gasteiger partial charge >= 0.3 is 13.6 Å². The second-order valence-corrected chi connectivity index (χ2v) is 6.73. The van der Waals surface area contributed by atoms with E-state index < -0.39 is 19.6 Å². The zero-order valence-corrected chi connectivity index (χ0v) is 11.8. The molecule has 2 rings (SSSR count). The molecule has 0 aliphatic carbocycles. The third-order valence-corrected chi connectivity index (χ3v) is 4.30. The molecule has 1 aromatic rings. The van der Waals surface area contributed by atoms with Crippen molar-refractivity contribution >= 4 is 13.6 Å². The van der Waals surface area contributed by atoms with Crippen molar-refractivity contribution in [1.29, 1.82) is 0 Å². The molecule has 0 radical (unpaired) electrons. The van der Waals surface area contributed by atoms with Crippen LogP contribution in [0.1, 0.15) is 29.9 Å². The van der Waals surface area contributed by atoms with Crippen LogP contribution in [0.25, 0.3) is 0 Å². The van der Waals surface area contributed by atoms with Crippen LogP contribution in [0.15, 0.2) is 24.3 Å². The van der Waals surface area contributed by atoms with Crippen molar-refractivity contribution in [2.45, 2.75) is 31.0 Å². The van der Waals surface area contributed by atoms with Crippen LogP contribution in [-0.4, -0.2) is 33.4 Å². The number of rotatable bonds is 4. The molecule has 4 N–H and O–H groups in total. The summed E-state index contributed by atoms with van der Waals surface area (Å²) in [6, 6.07) is 6.23. The zero-order chi connectivity index (χ0) is 14.8. The van der Waals surface area contributed by atoms with Gasteiger partial charge in [0.15, 0.2) is 0 Å². The minimum Gasteiger partial charge on any atom is -0.480 e. The molecule has 0 unspecified atom stereocenters. The van der Waals surface area contributed by atoms with Gasteiger partial charge in [0.05, 0.1) is 6.16 Å². The maximum atomic E-state index is 11.2. The highest BCUT2D eigenvalue weighted by molar-refractivity contribution is 7.50. The molecular formula is C13H18NO5P. The third kappa shape index (κ3) is 3.90. The van der Waals surface area contributed by atoms with Crippen LogP contribution in [0.2, 0.25) is 0 Å². The average molecular weight is 299 g/mol. The van der Waals surface area contributed by atoms with E-state index in [4.69, 9.17) is 9.79 Å². The van der Waals surface area contributed by atoms with Crippen LogP contribution in [0, 0.1) is 0 Å². The quantitative estimate of drug-likeness (QED) is 0.624. The summed E-state index contributed by atoms with van der Waals surface area (Å²) < 4.78 is 10.9. The summed E-state index contributed by atoms with van der Waals surface area (Å²) in [5, 5.41) is 12.2. The molecule has 110 valence electrons. The Balaban J connectivity index is 2.16. The van der Waals surface area contributed by atoms with Crippen LogP contribution in [-0.2, 0) is 15.5 Å². The molecule has 1 fully saturated rings. The largest absolute Gasteiger partial charge is 0.480 e. The van der Waals surface area contributed by atoms with Crippen molar-refractivity contribution in [3.63, 3.8) is 0 Å². The summed E-state index contributed by atoms with van der Waals surface area (Å²) in [4.78, 5) is 29.1. The predicted molar refractivity (Wildman–Crippen MR) is 73.6 cm³/mol. The van der Waals surface area contributed by atoms with Gasteiger partial charge in [-0.15, -0.1) is 0 Å². The molecule has 2 atom stereocenters. The van der Waals surface area contributed by atoms with Gasteiger partial charge in [-0.25, -0.2) is 0 Å². The maximum absolute atomic E-state index is 11.2. The molecule has 0 aromatic heterocycles. The first-order valence-corrected chi connectivity index (χ1v) is 8.26. The molecule has 0 saturated carbocycles. The van der Waals surface area contributed by atoms with Crippen LogP contribution in [0.5, 0.6) is 0 Å². The number of hydrogen-bond acceptors (Lipinski definition) is 3. The minimum atomic E-state index is -4.07. The number of carbonyl (C=O) groups is 1. The lowest BCUT2D eigenvalue weighted by Gasteiger charge is -2.30. The number of aliphatic carboxylic acids is 1. The first-order valence-electron chi connectivity index (χ1n) is 6.46. The van der Waals surface area contributed by atoms with Crippen molar-refractivity contribution in [3.05, 3.63) is 35.4 Å². The van der Waals surface area contributed by atoms with Crippen LogP contribution < -0.4 is 5.32 Å². The monoisotopic (exact) mass is 299 g/mol. The Morgan fingerprint density at radius 1 is 1.30 bits per heavy atom. The van der Waals surface area contributed by atoms with E-state index in [2.05, 4.69) is 5.32 Å². The highest BCUT2D eigenvalue weighted by Gasteiger charge is 2.31. The zero-order valence-electron chi connectivity index (χ0n) is 10.9. The van der Waals surface area contributed by atoms with Crippen LogP contribution >= 0.6 is 7.60 Å². The van der Waals surface area contributed by atoms with Crippen molar-refractivity contribution in [3.8, 4) is 0 Å². The summed E-state index contributed by atoms with van der Waals surface area (Å²) in [7, 11) is -4.07. The highest BCUT2D eigenvalue weighted by Crippen LogP contribution is 2.39. The molecule has 1 aliphatic heterocycles. The van der Waals surface area contributed by atoms with E-state index in [1.807, 2.05) is 0 Å². The first-order chi connectivity index (χ1) is 9.37. The highest BCUT2D eigenvalue weighted by atomic mass is 31.2. The van der Waals surface area contributed by atoms with Gasteiger partial charge in [-0.3, -0.25) is 9.36 Å². The van der Waals surface area contributed by atoms with E-state index in [1.165, 1.54) is 0 Å². The lowest BCUT2D eigenvalue weighted by Crippen LogP contribution is -2.45. The minimum absolute atomic E-state index is 0.106. The fraction of sp³-hybridized carbons (Fsp3) is 0.462. The second kappa shape index (κ2) is 6.06. The molecule has 0 amide bonds. The van der Waals surface area contributed by atoms with Gasteiger partial charge in [0.1, 0.15) is 6.04 Å². The Bertz CT molecular complexity index is 524. The summed E-state index contributed by atoms with van der Waals surface area (Å²) >= 11 is 0. The van der Waals surface area contributed by atoms with Crippen LogP contribution in [0.4, 0.5) is 0 Å². The normalized spacial score (nSPS) is 23.5. The van der Waals surface area contributed by atoms with Crippen molar-refractivity contribution in [2.24, 2.45) is 0 Å². The summed E-state index contributed by atoms with van der Waals surface area (Å²) in [6.07, 6.45) is 1.42. The molecular weight excluding hydrogens is 281 g/mol. The Morgan fingerprint density at radius 2 is 1.95 bits per heavy atom. The van der Waals surface area contributed by atoms with E-state index in [1.54, 1.807) is 24.3 Å². The number of benzene rings is 1. The molecule has 6 nitrogen and oxygen atoms in total. The number of piperidine rings is 1. The van der Waals surface area contributed by atoms with E-state index in [-0.39, 0.29) is 12.1 Å². The molecule has 1 aliphatic rings. The molecule has 7 heteroatoms. The van der Waals surface area contributed by atoms with Gasteiger partial charge < -0.3 is 20.2 Å². The topological polar surface area (TPSA) is 107 Å². The molecule has 1 saturated heterocycles. The van der Waals surface area contributed by atoms with E-state index in [0.717, 1.165) is 18.4 Å². The predicted octanol–water partition coefficient (Wildman–Crippen LogP) is 1.28. The van der Waals surface area contributed by atoms with Gasteiger partial charge in [0.2, 0.25) is 0 Å². The fourth-order valence-corrected chi connectivity index (χ4v) is 3.30. The van der Waals surface area contributed by atoms with Gasteiger partial charge in [0.25, 0.3) is 0 Å². The average Bonchev–Trinajstić information content (AvgIpc) is 2.38. The summed E-state index contributed by atoms with van der Waals surface area (Å²) in [5.74, 6) is -0.973. The number of nitrogens with one attached hydrogen (secondary N) is 1. The molecule has 1 heterocycles. The molecule has 1 aromatic carbocycles. The van der Waals surface area contributed by atoms with E-state index >= 15 is 0 Å². The second-order valence-electron chi connectivity index (χ2n) is 5.08. The van der Waals surface area contributed by atoms with Crippen molar-refractivity contribution in [2.75, 3.05) is 6.54 Å². The lowest BCUT2D eigenvalue weighted by molar-refractivity contribution is -0.140. The van der Waals surface area contributed by atoms with E-state index in [9.17, 15) is 14.5 Å². The fourth-order valence-electron chi connectivity index (χ4n) is 2.62. The van der Waals surface area contributed by atoms with Gasteiger partial charge in [0, 0.05) is 5.92 Å². The lowest BCUT2D eigenvalue weighted by atomic mass is 9.84. The molecule has 0 bridgehead atoms. The third-order valence-electron chi connectivity index (χ3n) is 3.52. The van der Waals surface area contributed by atoms with E-state index in [0.29, 0.717) is 12.1 Å².